The quantitative estimate of drug-likeness (QED) is 0.637. The first-order valence-corrected chi connectivity index (χ1v) is 6.58. The highest BCUT2D eigenvalue weighted by atomic mass is 16.5. The minimum Gasteiger partial charge on any atom is -0.491 e. The number of hydrogen-bond acceptors (Lipinski definition) is 4. The molecule has 7 nitrogen and oxygen atoms in total. The molecule has 2 unspecified atom stereocenters. The van der Waals surface area contributed by atoms with Gasteiger partial charge in [0.25, 0.3) is 0 Å². The number of carboxylic acid groups (broad SMARTS) is 1. The summed E-state index contributed by atoms with van der Waals surface area (Å²) in [5.74, 6) is -0.388. The molecule has 1 aromatic rings. The molecule has 2 atom stereocenters. The first kappa shape index (κ1) is 15.1. The summed E-state index contributed by atoms with van der Waals surface area (Å²) in [5.41, 5.74) is -0.599. The number of carboxylic acids is 1. The molecule has 4 N–H and O–H groups in total. The number of hydrogen-bond donors (Lipinski definition) is 4. The smallest absolute Gasteiger partial charge is 0.315 e. The molecule has 2 amide bonds. The van der Waals surface area contributed by atoms with Crippen LogP contribution in [0.5, 0.6) is 5.75 Å². The molecule has 0 radical (unpaired) electrons. The zero-order valence-electron chi connectivity index (χ0n) is 11.6. The molecule has 2 rings (SSSR count). The van der Waals surface area contributed by atoms with E-state index < -0.39 is 24.0 Å². The fourth-order valence-electron chi connectivity index (χ4n) is 2.15. The maximum atomic E-state index is 11.8. The minimum atomic E-state index is -1.49. The van der Waals surface area contributed by atoms with E-state index in [1.54, 1.807) is 0 Å². The van der Waals surface area contributed by atoms with Gasteiger partial charge in [-0.05, 0) is 13.0 Å². The van der Waals surface area contributed by atoms with Crippen LogP contribution in [-0.2, 0) is 4.79 Å². The van der Waals surface area contributed by atoms with E-state index in [4.69, 9.17) is 9.84 Å². The fourth-order valence-corrected chi connectivity index (χ4v) is 2.15. The molecular weight excluding hydrogens is 276 g/mol. The van der Waals surface area contributed by atoms with Gasteiger partial charge in [0.1, 0.15) is 12.4 Å². The van der Waals surface area contributed by atoms with Crippen LogP contribution in [0.3, 0.4) is 0 Å². The molecule has 0 saturated carbocycles. The Labute approximate surface area is 121 Å². The number of para-hydroxylation sites is 1. The van der Waals surface area contributed by atoms with Crippen molar-refractivity contribution in [1.29, 1.82) is 0 Å². The molecule has 21 heavy (non-hydrogen) atoms. The van der Waals surface area contributed by atoms with Crippen LogP contribution >= 0.6 is 0 Å². The van der Waals surface area contributed by atoms with Crippen molar-refractivity contribution in [2.24, 2.45) is 0 Å². The number of ether oxygens (including phenoxy) is 1. The summed E-state index contributed by atoms with van der Waals surface area (Å²) >= 11 is 0. The van der Waals surface area contributed by atoms with E-state index in [1.165, 1.54) is 6.92 Å². The largest absolute Gasteiger partial charge is 0.491 e. The Morgan fingerprint density at radius 3 is 2.86 bits per heavy atom. The SMILES string of the molecule is CC(O)(CNC(=O)NC1COc2ccccc21)CC(=O)O. The van der Waals surface area contributed by atoms with E-state index in [-0.39, 0.29) is 12.6 Å². The van der Waals surface area contributed by atoms with Crippen molar-refractivity contribution >= 4 is 12.0 Å². The summed E-state index contributed by atoms with van der Waals surface area (Å²) in [6.07, 6.45) is -0.442. The molecule has 0 fully saturated rings. The highest BCUT2D eigenvalue weighted by molar-refractivity contribution is 5.75. The van der Waals surface area contributed by atoms with Crippen LogP contribution in [0, 0.1) is 0 Å². The van der Waals surface area contributed by atoms with E-state index in [1.807, 2.05) is 24.3 Å². The first-order chi connectivity index (χ1) is 9.87. The topological polar surface area (TPSA) is 108 Å². The number of fused-ring (bicyclic) bond motifs is 1. The van der Waals surface area contributed by atoms with Crippen molar-refractivity contribution < 1.29 is 24.5 Å². The van der Waals surface area contributed by atoms with E-state index >= 15 is 0 Å². The van der Waals surface area contributed by atoms with Crippen LogP contribution < -0.4 is 15.4 Å². The Bertz CT molecular complexity index is 544. The van der Waals surface area contributed by atoms with Gasteiger partial charge < -0.3 is 25.6 Å². The van der Waals surface area contributed by atoms with Gasteiger partial charge >= 0.3 is 12.0 Å². The summed E-state index contributed by atoms with van der Waals surface area (Å²) in [4.78, 5) is 22.4. The van der Waals surface area contributed by atoms with Crippen LogP contribution in [0.2, 0.25) is 0 Å². The van der Waals surface area contributed by atoms with Gasteiger partial charge in [0.15, 0.2) is 0 Å². The number of carbonyl (C=O) groups is 2. The number of carbonyl (C=O) groups excluding carboxylic acids is 1. The molecule has 114 valence electrons. The zero-order valence-corrected chi connectivity index (χ0v) is 11.6. The molecular formula is C14H18N2O5. The molecule has 0 saturated heterocycles. The third-order valence-corrected chi connectivity index (χ3v) is 3.17. The zero-order chi connectivity index (χ0) is 15.5. The van der Waals surface area contributed by atoms with Gasteiger partial charge in [0.05, 0.1) is 18.1 Å². The van der Waals surface area contributed by atoms with Crippen LogP contribution in [0.15, 0.2) is 24.3 Å². The maximum absolute atomic E-state index is 11.8. The Morgan fingerprint density at radius 1 is 1.43 bits per heavy atom. The Hall–Kier alpha value is -2.28. The lowest BCUT2D eigenvalue weighted by atomic mass is 10.0. The van der Waals surface area contributed by atoms with E-state index in [0.29, 0.717) is 6.61 Å². The van der Waals surface area contributed by atoms with Gasteiger partial charge in [-0.25, -0.2) is 4.79 Å². The van der Waals surface area contributed by atoms with Crippen molar-refractivity contribution in [1.82, 2.24) is 10.6 Å². The molecule has 1 heterocycles. The number of urea groups is 1. The van der Waals surface area contributed by atoms with Gasteiger partial charge in [-0.1, -0.05) is 18.2 Å². The maximum Gasteiger partial charge on any atom is 0.315 e. The van der Waals surface area contributed by atoms with E-state index in [0.717, 1.165) is 11.3 Å². The molecule has 0 spiro atoms. The van der Waals surface area contributed by atoms with Gasteiger partial charge in [-0.2, -0.15) is 0 Å². The fraction of sp³-hybridized carbons (Fsp3) is 0.429. The van der Waals surface area contributed by atoms with E-state index in [2.05, 4.69) is 10.6 Å². The summed E-state index contributed by atoms with van der Waals surface area (Å²) in [5, 5.41) is 23.6. The Morgan fingerprint density at radius 2 is 2.14 bits per heavy atom. The summed E-state index contributed by atoms with van der Waals surface area (Å²) < 4.78 is 5.44. The third kappa shape index (κ3) is 4.09. The van der Waals surface area contributed by atoms with Gasteiger partial charge in [0.2, 0.25) is 0 Å². The monoisotopic (exact) mass is 294 g/mol. The van der Waals surface area contributed by atoms with Crippen molar-refractivity contribution in [2.45, 2.75) is 25.0 Å². The lowest BCUT2D eigenvalue weighted by molar-refractivity contribution is -0.141. The third-order valence-electron chi connectivity index (χ3n) is 3.17. The van der Waals surface area contributed by atoms with Crippen LogP contribution in [0.4, 0.5) is 4.79 Å². The second kappa shape index (κ2) is 6.01. The summed E-state index contributed by atoms with van der Waals surface area (Å²) in [7, 11) is 0. The molecule has 7 heteroatoms. The van der Waals surface area contributed by atoms with Crippen LogP contribution in [-0.4, -0.2) is 41.0 Å². The van der Waals surface area contributed by atoms with Crippen molar-refractivity contribution in [2.75, 3.05) is 13.2 Å². The van der Waals surface area contributed by atoms with Gasteiger partial charge in [-0.3, -0.25) is 4.79 Å². The number of benzene rings is 1. The summed E-state index contributed by atoms with van der Waals surface area (Å²) in [6.45, 7) is 1.55. The number of aliphatic carboxylic acids is 1. The average Bonchev–Trinajstić information content (AvgIpc) is 2.79. The van der Waals surface area contributed by atoms with Gasteiger partial charge in [0, 0.05) is 12.1 Å². The second-order valence-corrected chi connectivity index (χ2v) is 5.30. The highest BCUT2D eigenvalue weighted by Gasteiger charge is 2.27. The Kier molecular flexibility index (Phi) is 4.32. The molecule has 0 aliphatic carbocycles. The van der Waals surface area contributed by atoms with Gasteiger partial charge in [-0.15, -0.1) is 0 Å². The molecule has 1 aliphatic heterocycles. The molecule has 0 aromatic heterocycles. The number of rotatable bonds is 5. The number of nitrogens with one attached hydrogen (secondary N) is 2. The second-order valence-electron chi connectivity index (χ2n) is 5.30. The summed E-state index contributed by atoms with van der Waals surface area (Å²) in [6, 6.07) is 6.67. The Balaban J connectivity index is 1.85. The lowest BCUT2D eigenvalue weighted by Gasteiger charge is -2.22. The van der Waals surface area contributed by atoms with E-state index in [9.17, 15) is 14.7 Å². The molecule has 1 aliphatic rings. The standard InChI is InChI=1S/C14H18N2O5/c1-14(20,6-12(17)18)8-15-13(19)16-10-7-21-11-5-3-2-4-9(10)11/h2-5,10,20H,6-8H2,1H3,(H,17,18)(H2,15,16,19). The predicted octanol–water partition coefficient (Wildman–Crippen LogP) is 0.645. The van der Waals surface area contributed by atoms with Crippen molar-refractivity contribution in [3.8, 4) is 5.75 Å². The number of aliphatic hydroxyl groups is 1. The molecule has 0 bridgehead atoms. The van der Waals surface area contributed by atoms with Crippen molar-refractivity contribution in [3.63, 3.8) is 0 Å². The van der Waals surface area contributed by atoms with Crippen molar-refractivity contribution in [3.05, 3.63) is 29.8 Å². The lowest BCUT2D eigenvalue weighted by Crippen LogP contribution is -2.46. The molecule has 1 aromatic carbocycles. The van der Waals surface area contributed by atoms with Crippen LogP contribution in [0.1, 0.15) is 24.9 Å². The minimum absolute atomic E-state index is 0.152. The predicted molar refractivity (Wildman–Crippen MR) is 74.1 cm³/mol. The van der Waals surface area contributed by atoms with Crippen LogP contribution in [0.25, 0.3) is 0 Å². The first-order valence-electron chi connectivity index (χ1n) is 6.58. The highest BCUT2D eigenvalue weighted by Crippen LogP contribution is 2.31. The number of amides is 2. The average molecular weight is 294 g/mol. The normalized spacial score (nSPS) is 19.0.